The van der Waals surface area contributed by atoms with E-state index in [9.17, 15) is 14.0 Å². The lowest BCUT2D eigenvalue weighted by Gasteiger charge is -2.47. The Hall–Kier alpha value is -2.84. The molecule has 28 heavy (non-hydrogen) atoms. The van der Waals surface area contributed by atoms with Gasteiger partial charge in [-0.2, -0.15) is 0 Å². The van der Waals surface area contributed by atoms with Crippen molar-refractivity contribution in [1.82, 2.24) is 4.90 Å². The molecular weight excluding hydrogens is 365 g/mol. The summed E-state index contributed by atoms with van der Waals surface area (Å²) in [5, 5.41) is 0. The minimum Gasteiger partial charge on any atom is -0.443 e. The number of rotatable bonds is 4. The van der Waals surface area contributed by atoms with Gasteiger partial charge in [-0.25, -0.2) is 9.18 Å². The highest BCUT2D eigenvalue weighted by molar-refractivity contribution is 5.87. The number of piperidine rings is 1. The van der Waals surface area contributed by atoms with Gasteiger partial charge < -0.3 is 26.0 Å². The second-order valence-corrected chi connectivity index (χ2v) is 7.35. The SMILES string of the molecule is CC(=O)N1CCC(C2CN(c3cccc(COC(=O)N=C(N)N)c3F)C2)CC1. The molecule has 3 rings (SSSR count). The Bertz CT molecular complexity index is 767. The van der Waals surface area contributed by atoms with E-state index in [2.05, 4.69) is 4.99 Å². The zero-order valence-electron chi connectivity index (χ0n) is 15.9. The van der Waals surface area contributed by atoms with Gasteiger partial charge in [-0.1, -0.05) is 12.1 Å². The van der Waals surface area contributed by atoms with Gasteiger partial charge in [0.05, 0.1) is 5.69 Å². The highest BCUT2D eigenvalue weighted by Crippen LogP contribution is 2.36. The molecule has 0 bridgehead atoms. The van der Waals surface area contributed by atoms with E-state index in [-0.39, 0.29) is 18.1 Å². The number of anilines is 1. The van der Waals surface area contributed by atoms with Crippen LogP contribution in [0.2, 0.25) is 0 Å². The number of benzene rings is 1. The van der Waals surface area contributed by atoms with Crippen LogP contribution in [0.15, 0.2) is 23.2 Å². The number of hydrogen-bond acceptors (Lipinski definition) is 4. The molecule has 1 aromatic carbocycles. The van der Waals surface area contributed by atoms with Crippen LogP contribution in [0.3, 0.4) is 0 Å². The molecule has 4 N–H and O–H groups in total. The van der Waals surface area contributed by atoms with E-state index in [0.717, 1.165) is 39.0 Å². The third-order valence-electron chi connectivity index (χ3n) is 5.53. The van der Waals surface area contributed by atoms with Gasteiger partial charge in [0.25, 0.3) is 0 Å². The van der Waals surface area contributed by atoms with Gasteiger partial charge in [0, 0.05) is 38.7 Å². The van der Waals surface area contributed by atoms with Crippen molar-refractivity contribution in [3.63, 3.8) is 0 Å². The molecule has 2 amide bonds. The van der Waals surface area contributed by atoms with Crippen LogP contribution >= 0.6 is 0 Å². The number of ether oxygens (including phenoxy) is 1. The van der Waals surface area contributed by atoms with Crippen LogP contribution in [-0.4, -0.2) is 49.0 Å². The Balaban J connectivity index is 1.54. The molecule has 0 saturated carbocycles. The van der Waals surface area contributed by atoms with E-state index in [1.807, 2.05) is 9.80 Å². The summed E-state index contributed by atoms with van der Waals surface area (Å²) in [6.07, 6.45) is 1.05. The molecule has 2 fully saturated rings. The minimum absolute atomic E-state index is 0.133. The van der Waals surface area contributed by atoms with Crippen molar-refractivity contribution in [1.29, 1.82) is 0 Å². The average Bonchev–Trinajstić information content (AvgIpc) is 2.60. The van der Waals surface area contributed by atoms with Crippen molar-refractivity contribution < 1.29 is 18.7 Å². The second-order valence-electron chi connectivity index (χ2n) is 7.35. The summed E-state index contributed by atoms with van der Waals surface area (Å²) in [5.74, 6) is 0.411. The monoisotopic (exact) mass is 391 g/mol. The second kappa shape index (κ2) is 8.45. The first kappa shape index (κ1) is 19.9. The fourth-order valence-corrected chi connectivity index (χ4v) is 3.89. The first-order valence-corrected chi connectivity index (χ1v) is 9.39. The van der Waals surface area contributed by atoms with E-state index in [4.69, 9.17) is 16.2 Å². The van der Waals surface area contributed by atoms with Gasteiger partial charge >= 0.3 is 6.09 Å². The molecule has 8 nitrogen and oxygen atoms in total. The third-order valence-corrected chi connectivity index (χ3v) is 5.53. The number of hydrogen-bond donors (Lipinski definition) is 2. The predicted octanol–water partition coefficient (Wildman–Crippen LogP) is 1.43. The molecular formula is C19H26FN5O3. The lowest BCUT2D eigenvalue weighted by atomic mass is 9.79. The standard InChI is InChI=1S/C19H26FN5O3/c1-12(26)24-7-5-13(6-8-24)15-9-25(10-15)16-4-2-3-14(17(16)20)11-28-19(27)23-18(21)22/h2-4,13,15H,5-11H2,1H3,(H4,21,22,23,27). The molecule has 2 saturated heterocycles. The van der Waals surface area contributed by atoms with Crippen LogP contribution in [0, 0.1) is 17.7 Å². The lowest BCUT2D eigenvalue weighted by molar-refractivity contribution is -0.130. The van der Waals surface area contributed by atoms with Crippen molar-refractivity contribution in [2.75, 3.05) is 31.1 Å². The number of nitrogens with two attached hydrogens (primary N) is 2. The van der Waals surface area contributed by atoms with E-state index >= 15 is 0 Å². The Labute approximate surface area is 163 Å². The predicted molar refractivity (Wildman–Crippen MR) is 103 cm³/mol. The Morgan fingerprint density at radius 2 is 1.89 bits per heavy atom. The normalized spacial score (nSPS) is 17.8. The Morgan fingerprint density at radius 1 is 1.21 bits per heavy atom. The fraction of sp³-hybridized carbons (Fsp3) is 0.526. The maximum Gasteiger partial charge on any atom is 0.437 e. The largest absolute Gasteiger partial charge is 0.443 e. The summed E-state index contributed by atoms with van der Waals surface area (Å²) in [6.45, 7) is 4.56. The molecule has 0 aromatic heterocycles. The van der Waals surface area contributed by atoms with Crippen molar-refractivity contribution in [3.8, 4) is 0 Å². The number of aliphatic imine (C=N–C) groups is 1. The lowest BCUT2D eigenvalue weighted by Crippen LogP contribution is -2.52. The minimum atomic E-state index is -0.953. The number of carbonyl (C=O) groups is 2. The molecule has 0 radical (unpaired) electrons. The van der Waals surface area contributed by atoms with Gasteiger partial charge in [0.15, 0.2) is 11.8 Å². The molecule has 9 heteroatoms. The Kier molecular flexibility index (Phi) is 6.01. The number of likely N-dealkylation sites (tertiary alicyclic amines) is 1. The number of guanidine groups is 1. The molecule has 0 atom stereocenters. The van der Waals surface area contributed by atoms with Crippen LogP contribution < -0.4 is 16.4 Å². The van der Waals surface area contributed by atoms with Crippen molar-refractivity contribution in [2.45, 2.75) is 26.4 Å². The Morgan fingerprint density at radius 3 is 2.50 bits per heavy atom. The molecule has 2 aliphatic heterocycles. The van der Waals surface area contributed by atoms with Crippen LogP contribution in [0.4, 0.5) is 14.9 Å². The maximum atomic E-state index is 14.8. The average molecular weight is 391 g/mol. The molecule has 0 unspecified atom stereocenters. The summed E-state index contributed by atoms with van der Waals surface area (Å²) in [4.78, 5) is 29.9. The number of amides is 2. The quantitative estimate of drug-likeness (QED) is 0.593. The van der Waals surface area contributed by atoms with E-state index in [1.165, 1.54) is 0 Å². The van der Waals surface area contributed by atoms with E-state index in [1.54, 1.807) is 25.1 Å². The van der Waals surface area contributed by atoms with E-state index < -0.39 is 17.9 Å². The molecule has 0 aliphatic carbocycles. The first-order chi connectivity index (χ1) is 13.3. The van der Waals surface area contributed by atoms with Crippen LogP contribution in [0.1, 0.15) is 25.3 Å². The molecule has 1 aromatic rings. The van der Waals surface area contributed by atoms with Crippen LogP contribution in [-0.2, 0) is 16.1 Å². The molecule has 152 valence electrons. The zero-order valence-corrected chi connectivity index (χ0v) is 15.9. The fourth-order valence-electron chi connectivity index (χ4n) is 3.89. The number of nitrogens with zero attached hydrogens (tertiary/aromatic N) is 3. The highest BCUT2D eigenvalue weighted by Gasteiger charge is 2.36. The van der Waals surface area contributed by atoms with Gasteiger partial charge in [-0.05, 0) is 30.7 Å². The van der Waals surface area contributed by atoms with Gasteiger partial charge in [0.2, 0.25) is 5.91 Å². The van der Waals surface area contributed by atoms with E-state index in [0.29, 0.717) is 17.5 Å². The van der Waals surface area contributed by atoms with Gasteiger partial charge in [-0.3, -0.25) is 4.79 Å². The number of carbonyl (C=O) groups excluding carboxylic acids is 2. The van der Waals surface area contributed by atoms with Crippen molar-refractivity contribution in [2.24, 2.45) is 28.3 Å². The summed E-state index contributed by atoms with van der Waals surface area (Å²) < 4.78 is 19.7. The topological polar surface area (TPSA) is 114 Å². The molecule has 2 heterocycles. The zero-order chi connectivity index (χ0) is 20.3. The smallest absolute Gasteiger partial charge is 0.437 e. The summed E-state index contributed by atoms with van der Waals surface area (Å²) in [5.41, 5.74) is 11.0. The molecule has 0 spiro atoms. The van der Waals surface area contributed by atoms with Crippen LogP contribution in [0.25, 0.3) is 0 Å². The summed E-state index contributed by atoms with van der Waals surface area (Å²) in [6, 6.07) is 5.03. The highest BCUT2D eigenvalue weighted by atomic mass is 19.1. The third kappa shape index (κ3) is 4.52. The van der Waals surface area contributed by atoms with Crippen LogP contribution in [0.5, 0.6) is 0 Å². The first-order valence-electron chi connectivity index (χ1n) is 9.39. The number of halogens is 1. The summed E-state index contributed by atoms with van der Waals surface area (Å²) in [7, 11) is 0. The van der Waals surface area contributed by atoms with Gasteiger partial charge in [0.1, 0.15) is 6.61 Å². The van der Waals surface area contributed by atoms with Gasteiger partial charge in [-0.15, -0.1) is 4.99 Å². The van der Waals surface area contributed by atoms with Crippen molar-refractivity contribution >= 4 is 23.6 Å². The maximum absolute atomic E-state index is 14.8. The van der Waals surface area contributed by atoms with Crippen molar-refractivity contribution in [3.05, 3.63) is 29.6 Å². The summed E-state index contributed by atoms with van der Waals surface area (Å²) >= 11 is 0. The molecule has 2 aliphatic rings.